The molecule has 3 rings (SSSR count). The van der Waals surface area contributed by atoms with Crippen LogP contribution in [0.15, 0.2) is 54.7 Å². The maximum absolute atomic E-state index is 12.5. The summed E-state index contributed by atoms with van der Waals surface area (Å²) in [5.74, 6) is 0.00630. The van der Waals surface area contributed by atoms with E-state index in [0.717, 1.165) is 16.3 Å². The normalized spacial score (nSPS) is 10.7. The molecule has 0 radical (unpaired) electrons. The smallest absolute Gasteiger partial charge is 0.211 e. The predicted octanol–water partition coefficient (Wildman–Crippen LogP) is 2.80. The topological polar surface area (TPSA) is 34.9 Å². The molecule has 0 fully saturated rings. The lowest BCUT2D eigenvalue weighted by Crippen LogP contribution is -2.08. The zero-order valence-electron chi connectivity index (χ0n) is 10.00. The van der Waals surface area contributed by atoms with Gasteiger partial charge in [0.15, 0.2) is 0 Å². The molecular formula is C15H12N2O. The zero-order valence-corrected chi connectivity index (χ0v) is 10.00. The SMILES string of the molecule is Cn1nccc1C(=O)c1cccc2ccccc12. The summed E-state index contributed by atoms with van der Waals surface area (Å²) < 4.78 is 1.60. The summed E-state index contributed by atoms with van der Waals surface area (Å²) in [5, 5.41) is 6.09. The minimum Gasteiger partial charge on any atom is -0.287 e. The molecule has 1 heterocycles. The molecule has 0 unspecified atom stereocenters. The molecule has 0 bridgehead atoms. The van der Waals surface area contributed by atoms with E-state index in [0.29, 0.717) is 5.69 Å². The summed E-state index contributed by atoms with van der Waals surface area (Å²) in [6.45, 7) is 0. The van der Waals surface area contributed by atoms with Crippen molar-refractivity contribution in [1.29, 1.82) is 0 Å². The molecule has 1 aromatic heterocycles. The number of aromatic nitrogens is 2. The summed E-state index contributed by atoms with van der Waals surface area (Å²) in [6.07, 6.45) is 1.64. The van der Waals surface area contributed by atoms with Gasteiger partial charge in [-0.25, -0.2) is 0 Å². The van der Waals surface area contributed by atoms with Crippen LogP contribution in [0.25, 0.3) is 10.8 Å². The summed E-state index contributed by atoms with van der Waals surface area (Å²) >= 11 is 0. The number of hydrogen-bond donors (Lipinski definition) is 0. The van der Waals surface area contributed by atoms with Gasteiger partial charge >= 0.3 is 0 Å². The van der Waals surface area contributed by atoms with Crippen molar-refractivity contribution in [3.63, 3.8) is 0 Å². The average molecular weight is 236 g/mol. The van der Waals surface area contributed by atoms with Crippen LogP contribution in [0, 0.1) is 0 Å². The van der Waals surface area contributed by atoms with E-state index in [1.807, 2.05) is 42.5 Å². The van der Waals surface area contributed by atoms with Crippen molar-refractivity contribution in [2.24, 2.45) is 7.05 Å². The van der Waals surface area contributed by atoms with Crippen LogP contribution in [-0.2, 0) is 7.05 Å². The highest BCUT2D eigenvalue weighted by molar-refractivity contribution is 6.15. The maximum Gasteiger partial charge on any atom is 0.211 e. The number of hydrogen-bond acceptors (Lipinski definition) is 2. The molecule has 0 saturated carbocycles. The molecule has 0 atom stereocenters. The quantitative estimate of drug-likeness (QED) is 0.641. The lowest BCUT2D eigenvalue weighted by Gasteiger charge is -2.05. The molecule has 3 heteroatoms. The van der Waals surface area contributed by atoms with Crippen molar-refractivity contribution in [2.75, 3.05) is 0 Å². The Kier molecular flexibility index (Phi) is 2.45. The third-order valence-corrected chi connectivity index (χ3v) is 3.09. The number of benzene rings is 2. The highest BCUT2D eigenvalue weighted by atomic mass is 16.1. The highest BCUT2D eigenvalue weighted by Gasteiger charge is 2.14. The van der Waals surface area contributed by atoms with Crippen LogP contribution in [0.3, 0.4) is 0 Å². The second kappa shape index (κ2) is 4.11. The minimum atomic E-state index is 0.00630. The van der Waals surface area contributed by atoms with Gasteiger partial charge in [0.2, 0.25) is 5.78 Å². The third-order valence-electron chi connectivity index (χ3n) is 3.09. The largest absolute Gasteiger partial charge is 0.287 e. The first-order valence-corrected chi connectivity index (χ1v) is 5.78. The van der Waals surface area contributed by atoms with Crippen molar-refractivity contribution >= 4 is 16.6 Å². The lowest BCUT2D eigenvalue weighted by atomic mass is 10.00. The second-order valence-electron chi connectivity index (χ2n) is 4.20. The van der Waals surface area contributed by atoms with Gasteiger partial charge in [-0.05, 0) is 16.8 Å². The van der Waals surface area contributed by atoms with E-state index in [-0.39, 0.29) is 5.78 Å². The van der Waals surface area contributed by atoms with Gasteiger partial charge in [-0.1, -0.05) is 42.5 Å². The lowest BCUT2D eigenvalue weighted by molar-refractivity contribution is 0.103. The minimum absolute atomic E-state index is 0.00630. The zero-order chi connectivity index (χ0) is 12.5. The molecule has 0 aliphatic rings. The van der Waals surface area contributed by atoms with E-state index in [4.69, 9.17) is 0 Å². The van der Waals surface area contributed by atoms with Gasteiger partial charge in [-0.3, -0.25) is 9.48 Å². The standard InChI is InChI=1S/C15H12N2O/c1-17-14(9-10-16-17)15(18)13-8-4-6-11-5-2-3-7-12(11)13/h2-10H,1H3. The van der Waals surface area contributed by atoms with Crippen LogP contribution in [0.4, 0.5) is 0 Å². The van der Waals surface area contributed by atoms with Crippen molar-refractivity contribution in [3.05, 3.63) is 66.0 Å². The average Bonchev–Trinajstić information content (AvgIpc) is 2.83. The second-order valence-corrected chi connectivity index (χ2v) is 4.20. The summed E-state index contributed by atoms with van der Waals surface area (Å²) in [4.78, 5) is 12.5. The van der Waals surface area contributed by atoms with E-state index in [9.17, 15) is 4.79 Å². The molecule has 18 heavy (non-hydrogen) atoms. The van der Waals surface area contributed by atoms with Crippen LogP contribution in [0.5, 0.6) is 0 Å². The number of nitrogens with zero attached hydrogens (tertiary/aromatic N) is 2. The van der Waals surface area contributed by atoms with Gasteiger partial charge < -0.3 is 0 Å². The Hall–Kier alpha value is -2.42. The molecular weight excluding hydrogens is 224 g/mol. The van der Waals surface area contributed by atoms with Crippen molar-refractivity contribution in [3.8, 4) is 0 Å². The van der Waals surface area contributed by atoms with E-state index < -0.39 is 0 Å². The Labute approximate surface area is 105 Å². The van der Waals surface area contributed by atoms with Gasteiger partial charge in [-0.15, -0.1) is 0 Å². The van der Waals surface area contributed by atoms with E-state index in [2.05, 4.69) is 5.10 Å². The molecule has 0 saturated heterocycles. The van der Waals surface area contributed by atoms with Gasteiger partial charge in [0, 0.05) is 18.8 Å². The van der Waals surface area contributed by atoms with Gasteiger partial charge in [0.1, 0.15) is 5.69 Å². The molecule has 3 nitrogen and oxygen atoms in total. The van der Waals surface area contributed by atoms with Crippen LogP contribution >= 0.6 is 0 Å². The van der Waals surface area contributed by atoms with Crippen molar-refractivity contribution < 1.29 is 4.79 Å². The van der Waals surface area contributed by atoms with Gasteiger partial charge in [-0.2, -0.15) is 5.10 Å². The first-order chi connectivity index (χ1) is 8.77. The van der Waals surface area contributed by atoms with Crippen LogP contribution in [-0.4, -0.2) is 15.6 Å². The van der Waals surface area contributed by atoms with Gasteiger partial charge in [0.25, 0.3) is 0 Å². The van der Waals surface area contributed by atoms with Crippen LogP contribution in [0.2, 0.25) is 0 Å². The van der Waals surface area contributed by atoms with E-state index in [1.54, 1.807) is 24.0 Å². The van der Waals surface area contributed by atoms with Gasteiger partial charge in [0.05, 0.1) is 0 Å². The van der Waals surface area contributed by atoms with E-state index >= 15 is 0 Å². The summed E-state index contributed by atoms with van der Waals surface area (Å²) in [6, 6.07) is 15.4. The number of ketones is 1. The molecule has 0 aliphatic carbocycles. The Morgan fingerprint density at radius 3 is 2.61 bits per heavy atom. The highest BCUT2D eigenvalue weighted by Crippen LogP contribution is 2.21. The molecule has 3 aromatic rings. The number of rotatable bonds is 2. The molecule has 2 aromatic carbocycles. The fourth-order valence-corrected chi connectivity index (χ4v) is 2.16. The molecule has 0 spiro atoms. The molecule has 0 N–H and O–H groups in total. The number of fused-ring (bicyclic) bond motifs is 1. The van der Waals surface area contributed by atoms with Crippen molar-refractivity contribution in [2.45, 2.75) is 0 Å². The molecule has 0 amide bonds. The van der Waals surface area contributed by atoms with Crippen LogP contribution < -0.4 is 0 Å². The predicted molar refractivity (Wildman–Crippen MR) is 70.6 cm³/mol. The van der Waals surface area contributed by atoms with Crippen LogP contribution in [0.1, 0.15) is 16.1 Å². The Bertz CT molecular complexity index is 723. The summed E-state index contributed by atoms with van der Waals surface area (Å²) in [7, 11) is 1.78. The Morgan fingerprint density at radius 1 is 1.06 bits per heavy atom. The third kappa shape index (κ3) is 1.61. The number of aryl methyl sites for hydroxylation is 1. The Morgan fingerprint density at radius 2 is 1.83 bits per heavy atom. The number of carbonyl (C=O) groups is 1. The summed E-state index contributed by atoms with van der Waals surface area (Å²) in [5.41, 5.74) is 1.32. The first-order valence-electron chi connectivity index (χ1n) is 5.78. The van der Waals surface area contributed by atoms with Crippen molar-refractivity contribution in [1.82, 2.24) is 9.78 Å². The van der Waals surface area contributed by atoms with E-state index in [1.165, 1.54) is 0 Å². The fraction of sp³-hybridized carbons (Fsp3) is 0.0667. The number of carbonyl (C=O) groups excluding carboxylic acids is 1. The monoisotopic (exact) mass is 236 g/mol. The Balaban J connectivity index is 2.21. The fourth-order valence-electron chi connectivity index (χ4n) is 2.16. The first kappa shape index (κ1) is 10.7. The molecule has 88 valence electrons. The maximum atomic E-state index is 12.5. The molecule has 0 aliphatic heterocycles.